The molecule has 0 aliphatic carbocycles. The molecule has 0 aliphatic heterocycles. The van der Waals surface area contributed by atoms with Crippen molar-refractivity contribution in [2.75, 3.05) is 0 Å². The third-order valence-electron chi connectivity index (χ3n) is 5.36. The van der Waals surface area contributed by atoms with E-state index in [0.29, 0.717) is 18.5 Å². The third kappa shape index (κ3) is 7.13. The zero-order chi connectivity index (χ0) is 23.0. The van der Waals surface area contributed by atoms with Crippen molar-refractivity contribution in [1.29, 1.82) is 0 Å². The zero-order valence-electron chi connectivity index (χ0n) is 18.1. The number of rotatable bonds is 11. The van der Waals surface area contributed by atoms with E-state index in [2.05, 4.69) is 20.6 Å². The second-order valence-electron chi connectivity index (χ2n) is 7.89. The second-order valence-corrected chi connectivity index (χ2v) is 7.89. The van der Waals surface area contributed by atoms with Gasteiger partial charge in [-0.3, -0.25) is 14.4 Å². The predicted octanol–water partition coefficient (Wildman–Crippen LogP) is 1.04. The first kappa shape index (κ1) is 23.9. The standard InChI is InChI=1S/C22H31N5O4/c1-4-13(2)19(22(31)26-18(20(23)29)10-16-11-24-12-25-16)27-21(30)14(3)9-15-5-7-17(28)8-6-15/h5-8,11-14,18-19,28H,4,9-10H2,1-3H3,(H2,23,29)(H,24,25)(H,26,31)(H,27,30)/t13-,14-,18-,19-/m0/s1. The lowest BCUT2D eigenvalue weighted by Crippen LogP contribution is -2.56. The number of phenolic OH excluding ortho intramolecular Hbond substituents is 1. The molecule has 3 amide bonds. The van der Waals surface area contributed by atoms with E-state index < -0.39 is 23.9 Å². The van der Waals surface area contributed by atoms with Gasteiger partial charge in [-0.05, 0) is 30.0 Å². The molecule has 0 saturated heterocycles. The number of carbonyl (C=O) groups excluding carboxylic acids is 3. The molecule has 168 valence electrons. The summed E-state index contributed by atoms with van der Waals surface area (Å²) in [7, 11) is 0. The van der Waals surface area contributed by atoms with Gasteiger partial charge < -0.3 is 26.5 Å². The molecule has 0 fully saturated rings. The number of aromatic hydroxyl groups is 1. The molecule has 2 aromatic rings. The second kappa shape index (κ2) is 11.1. The van der Waals surface area contributed by atoms with Gasteiger partial charge in [-0.25, -0.2) is 4.98 Å². The Morgan fingerprint density at radius 2 is 1.77 bits per heavy atom. The lowest BCUT2D eigenvalue weighted by Gasteiger charge is -2.27. The average molecular weight is 430 g/mol. The summed E-state index contributed by atoms with van der Waals surface area (Å²) >= 11 is 0. The summed E-state index contributed by atoms with van der Waals surface area (Å²) in [5.41, 5.74) is 7.03. The minimum atomic E-state index is -0.925. The molecule has 0 aliphatic rings. The topological polar surface area (TPSA) is 150 Å². The number of H-pyrrole nitrogens is 1. The van der Waals surface area contributed by atoms with Crippen LogP contribution in [0.4, 0.5) is 0 Å². The molecule has 9 heteroatoms. The van der Waals surface area contributed by atoms with E-state index in [-0.39, 0.29) is 29.9 Å². The van der Waals surface area contributed by atoms with Gasteiger partial charge in [0.15, 0.2) is 0 Å². The fourth-order valence-electron chi connectivity index (χ4n) is 3.18. The first-order valence-corrected chi connectivity index (χ1v) is 10.4. The van der Waals surface area contributed by atoms with Crippen molar-refractivity contribution in [3.8, 4) is 5.75 Å². The number of imidazole rings is 1. The Hall–Kier alpha value is -3.36. The van der Waals surface area contributed by atoms with Crippen molar-refractivity contribution in [2.24, 2.45) is 17.6 Å². The van der Waals surface area contributed by atoms with E-state index in [1.54, 1.807) is 37.4 Å². The first-order chi connectivity index (χ1) is 14.7. The Kier molecular flexibility index (Phi) is 8.60. The van der Waals surface area contributed by atoms with Crippen LogP contribution in [0.3, 0.4) is 0 Å². The first-order valence-electron chi connectivity index (χ1n) is 10.4. The van der Waals surface area contributed by atoms with Crippen LogP contribution in [-0.4, -0.2) is 44.9 Å². The minimum Gasteiger partial charge on any atom is -0.508 e. The average Bonchev–Trinajstić information content (AvgIpc) is 3.25. The predicted molar refractivity (Wildman–Crippen MR) is 116 cm³/mol. The Bertz CT molecular complexity index is 867. The number of phenols is 1. The van der Waals surface area contributed by atoms with Gasteiger partial charge in [0.25, 0.3) is 0 Å². The van der Waals surface area contributed by atoms with Crippen LogP contribution in [0.2, 0.25) is 0 Å². The third-order valence-corrected chi connectivity index (χ3v) is 5.36. The minimum absolute atomic E-state index is 0.148. The fraction of sp³-hybridized carbons (Fsp3) is 0.455. The maximum absolute atomic E-state index is 13.0. The van der Waals surface area contributed by atoms with Crippen molar-refractivity contribution in [1.82, 2.24) is 20.6 Å². The SMILES string of the molecule is CC[C@H](C)[C@H](NC(=O)[C@@H](C)Cc1ccc(O)cc1)C(=O)N[C@@H](Cc1cnc[nH]1)C(N)=O. The zero-order valence-corrected chi connectivity index (χ0v) is 18.1. The number of nitrogens with one attached hydrogen (secondary N) is 3. The molecule has 0 unspecified atom stereocenters. The summed E-state index contributed by atoms with van der Waals surface area (Å²) in [4.78, 5) is 44.4. The fourth-order valence-corrected chi connectivity index (χ4v) is 3.18. The molecule has 1 heterocycles. The summed E-state index contributed by atoms with van der Waals surface area (Å²) in [5.74, 6) is -1.77. The van der Waals surface area contributed by atoms with Gasteiger partial charge in [0.1, 0.15) is 17.8 Å². The van der Waals surface area contributed by atoms with Crippen molar-refractivity contribution in [2.45, 2.75) is 52.1 Å². The van der Waals surface area contributed by atoms with Gasteiger partial charge >= 0.3 is 0 Å². The number of benzene rings is 1. The summed E-state index contributed by atoms with van der Waals surface area (Å²) in [5, 5.41) is 14.9. The number of hydrogen-bond donors (Lipinski definition) is 5. The van der Waals surface area contributed by atoms with E-state index in [4.69, 9.17) is 5.73 Å². The van der Waals surface area contributed by atoms with E-state index in [9.17, 15) is 19.5 Å². The van der Waals surface area contributed by atoms with Crippen molar-refractivity contribution < 1.29 is 19.5 Å². The highest BCUT2D eigenvalue weighted by atomic mass is 16.3. The van der Waals surface area contributed by atoms with E-state index in [0.717, 1.165) is 5.56 Å². The van der Waals surface area contributed by atoms with Crippen LogP contribution in [0.25, 0.3) is 0 Å². The van der Waals surface area contributed by atoms with E-state index in [1.165, 1.54) is 6.33 Å². The number of hydrogen-bond acceptors (Lipinski definition) is 5. The summed E-state index contributed by atoms with van der Waals surface area (Å²) < 4.78 is 0. The van der Waals surface area contributed by atoms with Crippen LogP contribution in [0.1, 0.15) is 38.4 Å². The number of aromatic amines is 1. The van der Waals surface area contributed by atoms with Crippen LogP contribution in [0.15, 0.2) is 36.8 Å². The van der Waals surface area contributed by atoms with Gasteiger partial charge in [-0.2, -0.15) is 0 Å². The number of primary amides is 1. The van der Waals surface area contributed by atoms with Gasteiger partial charge in [0.05, 0.1) is 6.33 Å². The molecular weight excluding hydrogens is 398 g/mol. The van der Waals surface area contributed by atoms with Crippen molar-refractivity contribution in [3.63, 3.8) is 0 Å². The lowest BCUT2D eigenvalue weighted by atomic mass is 9.95. The monoisotopic (exact) mass is 429 g/mol. The maximum atomic E-state index is 13.0. The Labute approximate surface area is 181 Å². The highest BCUT2D eigenvalue weighted by molar-refractivity contribution is 5.92. The van der Waals surface area contributed by atoms with Crippen LogP contribution in [-0.2, 0) is 27.2 Å². The largest absolute Gasteiger partial charge is 0.508 e. The molecule has 9 nitrogen and oxygen atoms in total. The molecule has 0 radical (unpaired) electrons. The van der Waals surface area contributed by atoms with Gasteiger partial charge in [0, 0.05) is 24.2 Å². The highest BCUT2D eigenvalue weighted by Gasteiger charge is 2.30. The van der Waals surface area contributed by atoms with Gasteiger partial charge in [0.2, 0.25) is 17.7 Å². The normalized spacial score (nSPS) is 14.8. The van der Waals surface area contributed by atoms with Gasteiger partial charge in [-0.1, -0.05) is 39.3 Å². The lowest BCUT2D eigenvalue weighted by molar-refractivity contribution is -0.133. The molecule has 0 saturated carbocycles. The van der Waals surface area contributed by atoms with Crippen molar-refractivity contribution >= 4 is 17.7 Å². The van der Waals surface area contributed by atoms with Crippen LogP contribution < -0.4 is 16.4 Å². The Balaban J connectivity index is 2.04. The van der Waals surface area contributed by atoms with E-state index in [1.807, 2.05) is 13.8 Å². The molecule has 0 bridgehead atoms. The molecule has 1 aromatic heterocycles. The van der Waals surface area contributed by atoms with Gasteiger partial charge in [-0.15, -0.1) is 0 Å². The van der Waals surface area contributed by atoms with Crippen LogP contribution >= 0.6 is 0 Å². The number of aromatic nitrogens is 2. The maximum Gasteiger partial charge on any atom is 0.243 e. The number of nitrogens with two attached hydrogens (primary N) is 1. The number of amides is 3. The summed E-state index contributed by atoms with van der Waals surface area (Å²) in [6.07, 6.45) is 4.34. The van der Waals surface area contributed by atoms with Crippen LogP contribution in [0.5, 0.6) is 5.75 Å². The molecule has 1 aromatic carbocycles. The molecular formula is C22H31N5O4. The smallest absolute Gasteiger partial charge is 0.243 e. The number of carbonyl (C=O) groups is 3. The Morgan fingerprint density at radius 3 is 2.32 bits per heavy atom. The molecule has 4 atom stereocenters. The molecule has 2 rings (SSSR count). The summed E-state index contributed by atoms with van der Waals surface area (Å²) in [6, 6.07) is 4.92. The highest BCUT2D eigenvalue weighted by Crippen LogP contribution is 2.15. The molecule has 6 N–H and O–H groups in total. The van der Waals surface area contributed by atoms with Crippen molar-refractivity contribution in [3.05, 3.63) is 48.0 Å². The summed E-state index contributed by atoms with van der Waals surface area (Å²) in [6.45, 7) is 5.56. The molecule has 0 spiro atoms. The van der Waals surface area contributed by atoms with E-state index >= 15 is 0 Å². The molecule has 31 heavy (non-hydrogen) atoms. The Morgan fingerprint density at radius 1 is 1.10 bits per heavy atom. The van der Waals surface area contributed by atoms with Crippen LogP contribution in [0, 0.1) is 11.8 Å². The number of nitrogens with zero attached hydrogens (tertiary/aromatic N) is 1. The quantitative estimate of drug-likeness (QED) is 0.362.